The van der Waals surface area contributed by atoms with Crippen LogP contribution in [0, 0.1) is 5.92 Å². The van der Waals surface area contributed by atoms with Crippen LogP contribution < -0.4 is 10.1 Å². The minimum Gasteiger partial charge on any atom is -0.491 e. The molecular formula is C15H21NO5. The molecule has 1 aromatic carbocycles. The minimum absolute atomic E-state index is 0.306. The number of rotatable bonds is 8. The summed E-state index contributed by atoms with van der Waals surface area (Å²) in [7, 11) is 1.59. The van der Waals surface area contributed by atoms with E-state index in [0.717, 1.165) is 0 Å². The summed E-state index contributed by atoms with van der Waals surface area (Å²) in [4.78, 5) is 22.8. The molecule has 0 aliphatic rings. The largest absolute Gasteiger partial charge is 0.491 e. The number of methoxy groups -OCH3 is 1. The summed E-state index contributed by atoms with van der Waals surface area (Å²) in [5.74, 6) is -1.25. The van der Waals surface area contributed by atoms with Crippen LogP contribution in [0.1, 0.15) is 24.2 Å². The molecule has 0 heterocycles. The molecule has 2 N–H and O–H groups in total. The van der Waals surface area contributed by atoms with Crippen LogP contribution in [0.4, 0.5) is 0 Å². The molecule has 21 heavy (non-hydrogen) atoms. The van der Waals surface area contributed by atoms with E-state index < -0.39 is 17.9 Å². The van der Waals surface area contributed by atoms with Gasteiger partial charge in [0.25, 0.3) is 5.91 Å². The summed E-state index contributed by atoms with van der Waals surface area (Å²) in [6.07, 6.45) is 0. The number of hydrogen-bond donors (Lipinski definition) is 2. The molecule has 0 radical (unpaired) electrons. The molecule has 6 heteroatoms. The Morgan fingerprint density at radius 2 is 1.81 bits per heavy atom. The van der Waals surface area contributed by atoms with Gasteiger partial charge in [-0.3, -0.25) is 9.59 Å². The molecular weight excluding hydrogens is 274 g/mol. The highest BCUT2D eigenvalue weighted by atomic mass is 16.5. The first-order valence-corrected chi connectivity index (χ1v) is 6.71. The van der Waals surface area contributed by atoms with Crippen molar-refractivity contribution in [1.29, 1.82) is 0 Å². The normalized spacial score (nSPS) is 13.3. The summed E-state index contributed by atoms with van der Waals surface area (Å²) in [6.45, 7) is 4.15. The van der Waals surface area contributed by atoms with E-state index in [0.29, 0.717) is 24.5 Å². The fourth-order valence-corrected chi connectivity index (χ4v) is 1.57. The molecule has 0 aliphatic heterocycles. The maximum absolute atomic E-state index is 12.0. The van der Waals surface area contributed by atoms with Crippen molar-refractivity contribution in [3.05, 3.63) is 29.8 Å². The molecule has 0 fully saturated rings. The fourth-order valence-electron chi connectivity index (χ4n) is 1.57. The fraction of sp³-hybridized carbons (Fsp3) is 0.467. The van der Waals surface area contributed by atoms with Crippen LogP contribution >= 0.6 is 0 Å². The van der Waals surface area contributed by atoms with Gasteiger partial charge in [0.05, 0.1) is 12.5 Å². The average Bonchev–Trinajstić information content (AvgIpc) is 2.47. The lowest BCUT2D eigenvalue weighted by Crippen LogP contribution is -2.40. The quantitative estimate of drug-likeness (QED) is 0.711. The monoisotopic (exact) mass is 295 g/mol. The van der Waals surface area contributed by atoms with Crippen molar-refractivity contribution in [2.45, 2.75) is 19.9 Å². The zero-order chi connectivity index (χ0) is 15.8. The van der Waals surface area contributed by atoms with Crippen molar-refractivity contribution >= 4 is 11.9 Å². The lowest BCUT2D eigenvalue weighted by molar-refractivity contribution is -0.141. The zero-order valence-electron chi connectivity index (χ0n) is 12.5. The highest BCUT2D eigenvalue weighted by Crippen LogP contribution is 2.13. The lowest BCUT2D eigenvalue weighted by atomic mass is 10.0. The van der Waals surface area contributed by atoms with E-state index >= 15 is 0 Å². The van der Waals surface area contributed by atoms with Crippen LogP contribution in [0.2, 0.25) is 0 Å². The van der Waals surface area contributed by atoms with Crippen molar-refractivity contribution < 1.29 is 24.2 Å². The van der Waals surface area contributed by atoms with Crippen molar-refractivity contribution in [1.82, 2.24) is 5.32 Å². The average molecular weight is 295 g/mol. The molecule has 6 nitrogen and oxygen atoms in total. The van der Waals surface area contributed by atoms with Crippen molar-refractivity contribution in [2.75, 3.05) is 20.3 Å². The maximum Gasteiger partial charge on any atom is 0.308 e. The molecule has 2 unspecified atom stereocenters. The number of carbonyl (C=O) groups excluding carboxylic acids is 1. The number of carbonyl (C=O) groups is 2. The Balaban J connectivity index is 2.57. The van der Waals surface area contributed by atoms with Crippen LogP contribution in [-0.2, 0) is 9.53 Å². The summed E-state index contributed by atoms with van der Waals surface area (Å²) in [5, 5.41) is 11.6. The van der Waals surface area contributed by atoms with E-state index in [1.807, 2.05) is 0 Å². The third-order valence-electron chi connectivity index (χ3n) is 3.17. The number of carboxylic acids is 1. The number of hydrogen-bond acceptors (Lipinski definition) is 4. The molecule has 0 bridgehead atoms. The molecule has 0 spiro atoms. The second-order valence-electron chi connectivity index (χ2n) is 4.75. The second-order valence-corrected chi connectivity index (χ2v) is 4.75. The number of amides is 1. The summed E-state index contributed by atoms with van der Waals surface area (Å²) in [6, 6.07) is 6.20. The second kappa shape index (κ2) is 8.26. The maximum atomic E-state index is 12.0. The molecule has 1 amide bonds. The van der Waals surface area contributed by atoms with Crippen LogP contribution in [-0.4, -0.2) is 43.3 Å². The number of carboxylic acid groups (broad SMARTS) is 1. The van der Waals surface area contributed by atoms with Gasteiger partial charge in [-0.25, -0.2) is 0 Å². The van der Waals surface area contributed by atoms with Gasteiger partial charge in [0, 0.05) is 18.7 Å². The smallest absolute Gasteiger partial charge is 0.308 e. The SMILES string of the molecule is COCCOc1ccc(C(=O)NC(C)C(C)C(=O)O)cc1. The zero-order valence-corrected chi connectivity index (χ0v) is 12.5. The van der Waals surface area contributed by atoms with Crippen LogP contribution in [0.25, 0.3) is 0 Å². The first-order valence-electron chi connectivity index (χ1n) is 6.71. The topological polar surface area (TPSA) is 84.9 Å². The van der Waals surface area contributed by atoms with E-state index in [1.165, 1.54) is 0 Å². The summed E-state index contributed by atoms with van der Waals surface area (Å²) >= 11 is 0. The van der Waals surface area contributed by atoms with Gasteiger partial charge in [-0.1, -0.05) is 0 Å². The van der Waals surface area contributed by atoms with E-state index in [-0.39, 0.29) is 5.91 Å². The number of ether oxygens (including phenoxy) is 2. The molecule has 2 atom stereocenters. The van der Waals surface area contributed by atoms with Crippen molar-refractivity contribution in [3.63, 3.8) is 0 Å². The molecule has 0 saturated heterocycles. The predicted molar refractivity (Wildman–Crippen MR) is 77.5 cm³/mol. The Morgan fingerprint density at radius 3 is 2.33 bits per heavy atom. The Hall–Kier alpha value is -2.08. The molecule has 1 rings (SSSR count). The Morgan fingerprint density at radius 1 is 1.19 bits per heavy atom. The van der Waals surface area contributed by atoms with Gasteiger partial charge in [0.15, 0.2) is 0 Å². The van der Waals surface area contributed by atoms with Crippen molar-refractivity contribution in [3.8, 4) is 5.75 Å². The molecule has 0 aromatic heterocycles. The highest BCUT2D eigenvalue weighted by molar-refractivity contribution is 5.94. The third kappa shape index (κ3) is 5.43. The van der Waals surface area contributed by atoms with Gasteiger partial charge in [0.2, 0.25) is 0 Å². The van der Waals surface area contributed by atoms with Gasteiger partial charge in [-0.05, 0) is 38.1 Å². The summed E-state index contributed by atoms with van der Waals surface area (Å²) in [5.41, 5.74) is 0.457. The number of benzene rings is 1. The van der Waals surface area contributed by atoms with Crippen LogP contribution in [0.15, 0.2) is 24.3 Å². The van der Waals surface area contributed by atoms with E-state index in [1.54, 1.807) is 45.2 Å². The number of nitrogens with one attached hydrogen (secondary N) is 1. The first-order chi connectivity index (χ1) is 9.95. The Kier molecular flexibility index (Phi) is 6.68. The van der Waals surface area contributed by atoms with Crippen LogP contribution in [0.5, 0.6) is 5.75 Å². The first kappa shape index (κ1) is 17.0. The minimum atomic E-state index is -0.940. The molecule has 0 saturated carbocycles. The standard InChI is InChI=1S/C15H21NO5/c1-10(15(18)19)11(2)16-14(17)12-4-6-13(7-5-12)21-9-8-20-3/h4-7,10-11H,8-9H2,1-3H3,(H,16,17)(H,18,19). The molecule has 116 valence electrons. The van der Waals surface area contributed by atoms with E-state index in [2.05, 4.69) is 5.32 Å². The summed E-state index contributed by atoms with van der Waals surface area (Å²) < 4.78 is 10.3. The van der Waals surface area contributed by atoms with Crippen LogP contribution in [0.3, 0.4) is 0 Å². The number of aliphatic carboxylic acids is 1. The predicted octanol–water partition coefficient (Wildman–Crippen LogP) is 1.55. The molecule has 1 aromatic rings. The van der Waals surface area contributed by atoms with Gasteiger partial charge in [0.1, 0.15) is 12.4 Å². The van der Waals surface area contributed by atoms with E-state index in [9.17, 15) is 9.59 Å². The van der Waals surface area contributed by atoms with Gasteiger partial charge >= 0.3 is 5.97 Å². The molecule has 0 aliphatic carbocycles. The van der Waals surface area contributed by atoms with Gasteiger partial charge in [-0.15, -0.1) is 0 Å². The van der Waals surface area contributed by atoms with Gasteiger partial charge < -0.3 is 19.9 Å². The Bertz CT molecular complexity index is 471. The highest BCUT2D eigenvalue weighted by Gasteiger charge is 2.21. The van der Waals surface area contributed by atoms with E-state index in [4.69, 9.17) is 14.6 Å². The Labute approximate surface area is 124 Å². The lowest BCUT2D eigenvalue weighted by Gasteiger charge is -2.17. The van der Waals surface area contributed by atoms with Gasteiger partial charge in [-0.2, -0.15) is 0 Å². The van der Waals surface area contributed by atoms with Crippen molar-refractivity contribution in [2.24, 2.45) is 5.92 Å². The third-order valence-corrected chi connectivity index (χ3v) is 3.17.